The lowest BCUT2D eigenvalue weighted by Crippen LogP contribution is -2.30. The molecular formula is C15H23BrN2O2. The molecule has 1 amide bonds. The fourth-order valence-corrected chi connectivity index (χ4v) is 2.21. The predicted molar refractivity (Wildman–Crippen MR) is 84.9 cm³/mol. The highest BCUT2D eigenvalue weighted by Gasteiger charge is 2.06. The summed E-state index contributed by atoms with van der Waals surface area (Å²) in [7, 11) is 1.90. The average Bonchev–Trinajstić information content (AvgIpc) is 2.37. The Morgan fingerprint density at radius 2 is 2.15 bits per heavy atom. The van der Waals surface area contributed by atoms with Gasteiger partial charge in [-0.2, -0.15) is 0 Å². The summed E-state index contributed by atoms with van der Waals surface area (Å²) in [5, 5.41) is 5.93. The number of halogens is 1. The molecule has 0 bridgehead atoms. The van der Waals surface area contributed by atoms with Crippen molar-refractivity contribution in [3.05, 3.63) is 28.2 Å². The van der Waals surface area contributed by atoms with Gasteiger partial charge in [-0.1, -0.05) is 19.9 Å². The molecule has 2 N–H and O–H groups in total. The third-order valence-electron chi connectivity index (χ3n) is 2.78. The topological polar surface area (TPSA) is 50.4 Å². The maximum atomic E-state index is 11.6. The molecule has 5 heteroatoms. The first-order valence-corrected chi connectivity index (χ1v) is 7.64. The molecule has 0 aliphatic carbocycles. The van der Waals surface area contributed by atoms with Crippen LogP contribution < -0.4 is 15.4 Å². The highest BCUT2D eigenvalue weighted by molar-refractivity contribution is 9.10. The number of ether oxygens (including phenoxy) is 1. The lowest BCUT2D eigenvalue weighted by molar-refractivity contribution is -0.123. The Bertz CT molecular complexity index is 436. The van der Waals surface area contributed by atoms with E-state index >= 15 is 0 Å². The molecule has 1 aromatic carbocycles. The van der Waals surface area contributed by atoms with Gasteiger partial charge in [-0.25, -0.2) is 0 Å². The number of nitrogens with one attached hydrogen (secondary N) is 2. The van der Waals surface area contributed by atoms with Crippen molar-refractivity contribution in [2.24, 2.45) is 5.92 Å². The second kappa shape index (κ2) is 8.97. The smallest absolute Gasteiger partial charge is 0.257 e. The molecule has 0 heterocycles. The molecule has 0 aliphatic heterocycles. The van der Waals surface area contributed by atoms with Crippen LogP contribution in [0.2, 0.25) is 0 Å². The fraction of sp³-hybridized carbons (Fsp3) is 0.533. The van der Waals surface area contributed by atoms with Crippen LogP contribution in [-0.2, 0) is 11.3 Å². The van der Waals surface area contributed by atoms with Crippen molar-refractivity contribution >= 4 is 21.8 Å². The van der Waals surface area contributed by atoms with E-state index in [-0.39, 0.29) is 12.5 Å². The van der Waals surface area contributed by atoms with Crippen LogP contribution in [0, 0.1) is 5.92 Å². The highest BCUT2D eigenvalue weighted by atomic mass is 79.9. The second-order valence-corrected chi connectivity index (χ2v) is 5.97. The quantitative estimate of drug-likeness (QED) is 0.763. The Hall–Kier alpha value is -1.07. The number of carbonyl (C=O) groups is 1. The predicted octanol–water partition coefficient (Wildman–Crippen LogP) is 2.71. The minimum atomic E-state index is -0.0862. The molecule has 112 valence electrons. The summed E-state index contributed by atoms with van der Waals surface area (Å²) in [5.41, 5.74) is 1.16. The summed E-state index contributed by atoms with van der Waals surface area (Å²) in [6, 6.07) is 5.84. The van der Waals surface area contributed by atoms with Gasteiger partial charge in [0, 0.05) is 13.1 Å². The van der Waals surface area contributed by atoms with E-state index in [1.54, 1.807) is 0 Å². The molecule has 1 rings (SSSR count). The summed E-state index contributed by atoms with van der Waals surface area (Å²) in [4.78, 5) is 11.6. The van der Waals surface area contributed by atoms with Crippen LogP contribution in [0.25, 0.3) is 0 Å². The molecule has 0 aromatic heterocycles. The maximum Gasteiger partial charge on any atom is 0.257 e. The van der Waals surface area contributed by atoms with Gasteiger partial charge in [0.1, 0.15) is 5.75 Å². The van der Waals surface area contributed by atoms with Crippen molar-refractivity contribution in [1.29, 1.82) is 0 Å². The summed E-state index contributed by atoms with van der Waals surface area (Å²) < 4.78 is 6.37. The van der Waals surface area contributed by atoms with Gasteiger partial charge in [0.15, 0.2) is 6.61 Å². The van der Waals surface area contributed by atoms with Crippen molar-refractivity contribution in [2.45, 2.75) is 26.8 Å². The van der Waals surface area contributed by atoms with Crippen molar-refractivity contribution in [3.63, 3.8) is 0 Å². The van der Waals surface area contributed by atoms with E-state index in [4.69, 9.17) is 4.74 Å². The number of hydrogen-bond acceptors (Lipinski definition) is 3. The average molecular weight is 343 g/mol. The summed E-state index contributed by atoms with van der Waals surface area (Å²) in [5.74, 6) is 1.19. The first-order chi connectivity index (χ1) is 9.52. The van der Waals surface area contributed by atoms with Gasteiger partial charge in [0.05, 0.1) is 4.47 Å². The molecule has 0 unspecified atom stereocenters. The molecule has 0 fully saturated rings. The van der Waals surface area contributed by atoms with Crippen molar-refractivity contribution in [1.82, 2.24) is 10.6 Å². The summed E-state index contributed by atoms with van der Waals surface area (Å²) in [6.07, 6.45) is 0.980. The number of carbonyl (C=O) groups excluding carboxylic acids is 1. The van der Waals surface area contributed by atoms with Gasteiger partial charge >= 0.3 is 0 Å². The largest absolute Gasteiger partial charge is 0.483 e. The molecule has 1 aromatic rings. The Balaban J connectivity index is 2.39. The first-order valence-electron chi connectivity index (χ1n) is 6.85. The molecule has 0 radical (unpaired) electrons. The SMILES string of the molecule is CNCc1ccc(OCC(=O)NCCC(C)C)c(Br)c1. The zero-order chi connectivity index (χ0) is 15.0. The molecule has 0 spiro atoms. The minimum Gasteiger partial charge on any atom is -0.483 e. The van der Waals surface area contributed by atoms with Gasteiger partial charge in [-0.05, 0) is 53.0 Å². The Morgan fingerprint density at radius 1 is 1.40 bits per heavy atom. The second-order valence-electron chi connectivity index (χ2n) is 5.12. The van der Waals surface area contributed by atoms with Gasteiger partial charge in [0.2, 0.25) is 0 Å². The van der Waals surface area contributed by atoms with E-state index in [1.165, 1.54) is 0 Å². The minimum absolute atomic E-state index is 0.0437. The third-order valence-corrected chi connectivity index (χ3v) is 3.40. The van der Waals surface area contributed by atoms with Crippen molar-refractivity contribution in [3.8, 4) is 5.75 Å². The molecule has 0 aliphatic rings. The Morgan fingerprint density at radius 3 is 2.75 bits per heavy atom. The van der Waals surface area contributed by atoms with Gasteiger partial charge in [-0.3, -0.25) is 4.79 Å². The van der Waals surface area contributed by atoms with E-state index in [0.29, 0.717) is 18.2 Å². The number of benzene rings is 1. The Kier molecular flexibility index (Phi) is 7.62. The zero-order valence-electron chi connectivity index (χ0n) is 12.3. The van der Waals surface area contributed by atoms with Gasteiger partial charge < -0.3 is 15.4 Å². The van der Waals surface area contributed by atoms with Gasteiger partial charge in [-0.15, -0.1) is 0 Å². The van der Waals surface area contributed by atoms with E-state index in [2.05, 4.69) is 40.4 Å². The van der Waals surface area contributed by atoms with Crippen molar-refractivity contribution in [2.75, 3.05) is 20.2 Å². The zero-order valence-corrected chi connectivity index (χ0v) is 13.9. The number of amides is 1. The highest BCUT2D eigenvalue weighted by Crippen LogP contribution is 2.25. The fourth-order valence-electron chi connectivity index (χ4n) is 1.67. The van der Waals surface area contributed by atoms with Crippen molar-refractivity contribution < 1.29 is 9.53 Å². The standard InChI is InChI=1S/C15H23BrN2O2/c1-11(2)6-7-18-15(19)10-20-14-5-4-12(9-17-3)8-13(14)16/h4-5,8,11,17H,6-7,9-10H2,1-3H3,(H,18,19). The van der Waals surface area contributed by atoms with Gasteiger partial charge in [0.25, 0.3) is 5.91 Å². The third kappa shape index (κ3) is 6.39. The molecule has 20 heavy (non-hydrogen) atoms. The summed E-state index contributed by atoms with van der Waals surface area (Å²) in [6.45, 7) is 5.80. The number of rotatable bonds is 8. The van der Waals surface area contributed by atoms with Crippen LogP contribution in [0.1, 0.15) is 25.8 Å². The molecule has 0 saturated heterocycles. The lowest BCUT2D eigenvalue weighted by atomic mass is 10.1. The lowest BCUT2D eigenvalue weighted by Gasteiger charge is -2.11. The first kappa shape index (κ1) is 17.0. The molecule has 0 atom stereocenters. The van der Waals surface area contributed by atoms with E-state index in [1.807, 2.05) is 25.2 Å². The van der Waals surface area contributed by atoms with Crippen LogP contribution in [-0.4, -0.2) is 26.1 Å². The van der Waals surface area contributed by atoms with E-state index in [0.717, 1.165) is 23.0 Å². The van der Waals surface area contributed by atoms with Crippen LogP contribution in [0.15, 0.2) is 22.7 Å². The van der Waals surface area contributed by atoms with E-state index < -0.39 is 0 Å². The maximum absolute atomic E-state index is 11.6. The monoisotopic (exact) mass is 342 g/mol. The van der Waals surface area contributed by atoms with E-state index in [9.17, 15) is 4.79 Å². The number of hydrogen-bond donors (Lipinski definition) is 2. The van der Waals surface area contributed by atoms with Crippen LogP contribution in [0.4, 0.5) is 0 Å². The molecule has 4 nitrogen and oxygen atoms in total. The van der Waals surface area contributed by atoms with Crippen LogP contribution in [0.5, 0.6) is 5.75 Å². The Labute approximate surface area is 129 Å². The molecule has 0 saturated carbocycles. The van der Waals surface area contributed by atoms with Crippen LogP contribution >= 0.6 is 15.9 Å². The molecular weight excluding hydrogens is 320 g/mol. The van der Waals surface area contributed by atoms with Crippen LogP contribution in [0.3, 0.4) is 0 Å². The summed E-state index contributed by atoms with van der Waals surface area (Å²) >= 11 is 3.45. The normalized spacial score (nSPS) is 10.7.